The zero-order valence-electron chi connectivity index (χ0n) is 11.2. The number of piperidine rings is 1. The third kappa shape index (κ3) is 3.23. The van der Waals surface area contributed by atoms with Crippen molar-refractivity contribution in [2.45, 2.75) is 58.8 Å². The van der Waals surface area contributed by atoms with Crippen molar-refractivity contribution < 1.29 is 0 Å². The summed E-state index contributed by atoms with van der Waals surface area (Å²) in [7, 11) is 0. The Labute approximate surface area is 101 Å². The number of hydrogen-bond donors (Lipinski definition) is 1. The van der Waals surface area contributed by atoms with Gasteiger partial charge < -0.3 is 5.32 Å². The Morgan fingerprint density at radius 3 is 2.50 bits per heavy atom. The molecule has 2 rings (SSSR count). The topological polar surface area (TPSA) is 12.0 Å². The summed E-state index contributed by atoms with van der Waals surface area (Å²) in [5, 5.41) is 3.61. The number of nitrogens with one attached hydrogen (secondary N) is 1. The first-order chi connectivity index (χ1) is 7.77. The van der Waals surface area contributed by atoms with Crippen LogP contribution in [0.15, 0.2) is 0 Å². The molecule has 2 fully saturated rings. The first-order valence-electron chi connectivity index (χ1n) is 7.48. The summed E-state index contributed by atoms with van der Waals surface area (Å²) in [5.74, 6) is 3.95. The lowest BCUT2D eigenvalue weighted by Crippen LogP contribution is -2.41. The van der Waals surface area contributed by atoms with Crippen LogP contribution in [0.3, 0.4) is 0 Å². The quantitative estimate of drug-likeness (QED) is 0.766. The van der Waals surface area contributed by atoms with Crippen LogP contribution in [0, 0.1) is 23.7 Å². The fourth-order valence-electron chi connectivity index (χ4n) is 3.99. The molecule has 1 N–H and O–H groups in total. The van der Waals surface area contributed by atoms with Gasteiger partial charge in [-0.05, 0) is 49.6 Å². The van der Waals surface area contributed by atoms with Crippen molar-refractivity contribution in [3.05, 3.63) is 0 Å². The minimum Gasteiger partial charge on any atom is -0.316 e. The molecule has 1 aliphatic heterocycles. The van der Waals surface area contributed by atoms with E-state index in [4.69, 9.17) is 0 Å². The van der Waals surface area contributed by atoms with Gasteiger partial charge >= 0.3 is 0 Å². The average molecular weight is 223 g/mol. The molecule has 0 amide bonds. The monoisotopic (exact) mass is 223 g/mol. The third-order valence-electron chi connectivity index (χ3n) is 4.70. The normalized spacial score (nSPS) is 33.2. The van der Waals surface area contributed by atoms with Crippen LogP contribution in [0.25, 0.3) is 0 Å². The van der Waals surface area contributed by atoms with Crippen LogP contribution in [0.2, 0.25) is 0 Å². The Kier molecular flexibility index (Phi) is 4.69. The highest BCUT2D eigenvalue weighted by Gasteiger charge is 2.32. The molecule has 1 heterocycles. The highest BCUT2D eigenvalue weighted by atomic mass is 14.9. The van der Waals surface area contributed by atoms with Crippen molar-refractivity contribution in [3.63, 3.8) is 0 Å². The van der Waals surface area contributed by atoms with E-state index in [-0.39, 0.29) is 0 Å². The van der Waals surface area contributed by atoms with E-state index >= 15 is 0 Å². The Morgan fingerprint density at radius 2 is 1.81 bits per heavy atom. The first-order valence-corrected chi connectivity index (χ1v) is 7.48. The van der Waals surface area contributed by atoms with Crippen LogP contribution in [0.1, 0.15) is 58.8 Å². The zero-order valence-corrected chi connectivity index (χ0v) is 11.2. The van der Waals surface area contributed by atoms with E-state index in [9.17, 15) is 0 Å². The van der Waals surface area contributed by atoms with Gasteiger partial charge in [-0.25, -0.2) is 0 Å². The molecule has 0 aromatic rings. The summed E-state index contributed by atoms with van der Waals surface area (Å²) in [6.45, 7) is 7.33. The number of rotatable bonds is 3. The lowest BCUT2D eigenvalue weighted by Gasteiger charge is -2.40. The molecule has 2 atom stereocenters. The molecule has 0 aromatic heterocycles. The lowest BCUT2D eigenvalue weighted by atomic mass is 9.69. The summed E-state index contributed by atoms with van der Waals surface area (Å²) in [6, 6.07) is 0. The molecule has 16 heavy (non-hydrogen) atoms. The van der Waals surface area contributed by atoms with Crippen LogP contribution < -0.4 is 5.32 Å². The smallest absolute Gasteiger partial charge is 0.00177 e. The second-order valence-electron chi connectivity index (χ2n) is 6.44. The van der Waals surface area contributed by atoms with Gasteiger partial charge in [-0.15, -0.1) is 0 Å². The van der Waals surface area contributed by atoms with Crippen LogP contribution in [-0.2, 0) is 0 Å². The maximum atomic E-state index is 3.61. The SMILES string of the molecule is CC(C)CC1CNCCC1C1CCCCC1. The van der Waals surface area contributed by atoms with Crippen molar-refractivity contribution in [2.24, 2.45) is 23.7 Å². The van der Waals surface area contributed by atoms with Crippen molar-refractivity contribution in [3.8, 4) is 0 Å². The predicted molar refractivity (Wildman–Crippen MR) is 70.5 cm³/mol. The minimum absolute atomic E-state index is 0.871. The number of hydrogen-bond acceptors (Lipinski definition) is 1. The molecular formula is C15H29N. The van der Waals surface area contributed by atoms with Gasteiger partial charge in [0.05, 0.1) is 0 Å². The molecule has 94 valence electrons. The van der Waals surface area contributed by atoms with E-state index in [1.54, 1.807) is 0 Å². The van der Waals surface area contributed by atoms with Gasteiger partial charge in [-0.2, -0.15) is 0 Å². The molecule has 1 saturated heterocycles. The van der Waals surface area contributed by atoms with Crippen LogP contribution in [0.4, 0.5) is 0 Å². The van der Waals surface area contributed by atoms with Gasteiger partial charge in [0.1, 0.15) is 0 Å². The maximum Gasteiger partial charge on any atom is -0.00177 e. The molecule has 1 saturated carbocycles. The Balaban J connectivity index is 1.92. The highest BCUT2D eigenvalue weighted by Crippen LogP contribution is 2.39. The highest BCUT2D eigenvalue weighted by molar-refractivity contribution is 4.85. The molecule has 1 aliphatic carbocycles. The lowest BCUT2D eigenvalue weighted by molar-refractivity contribution is 0.123. The maximum absolute atomic E-state index is 3.61. The fourth-order valence-corrected chi connectivity index (χ4v) is 3.99. The molecule has 1 heteroatoms. The Morgan fingerprint density at radius 1 is 1.06 bits per heavy atom. The largest absolute Gasteiger partial charge is 0.316 e. The summed E-state index contributed by atoms with van der Waals surface area (Å²) >= 11 is 0. The third-order valence-corrected chi connectivity index (χ3v) is 4.70. The van der Waals surface area contributed by atoms with E-state index in [0.717, 1.165) is 23.7 Å². The molecule has 0 aromatic carbocycles. The van der Waals surface area contributed by atoms with Gasteiger partial charge in [-0.3, -0.25) is 0 Å². The molecular weight excluding hydrogens is 194 g/mol. The van der Waals surface area contributed by atoms with Crippen LogP contribution >= 0.6 is 0 Å². The molecule has 0 radical (unpaired) electrons. The van der Waals surface area contributed by atoms with E-state index < -0.39 is 0 Å². The second-order valence-corrected chi connectivity index (χ2v) is 6.44. The van der Waals surface area contributed by atoms with E-state index in [0.29, 0.717) is 0 Å². The van der Waals surface area contributed by atoms with Crippen molar-refractivity contribution in [1.29, 1.82) is 0 Å². The van der Waals surface area contributed by atoms with Gasteiger partial charge in [-0.1, -0.05) is 46.0 Å². The van der Waals surface area contributed by atoms with E-state index in [1.165, 1.54) is 58.0 Å². The fraction of sp³-hybridized carbons (Fsp3) is 1.00. The van der Waals surface area contributed by atoms with E-state index in [2.05, 4.69) is 19.2 Å². The summed E-state index contributed by atoms with van der Waals surface area (Å²) in [5.41, 5.74) is 0. The van der Waals surface area contributed by atoms with Crippen LogP contribution in [0.5, 0.6) is 0 Å². The summed E-state index contributed by atoms with van der Waals surface area (Å²) in [6.07, 6.45) is 10.4. The van der Waals surface area contributed by atoms with Crippen molar-refractivity contribution in [1.82, 2.24) is 5.32 Å². The zero-order chi connectivity index (χ0) is 11.4. The predicted octanol–water partition coefficient (Wildman–Crippen LogP) is 3.84. The molecule has 2 unspecified atom stereocenters. The first kappa shape index (κ1) is 12.4. The van der Waals surface area contributed by atoms with Crippen molar-refractivity contribution >= 4 is 0 Å². The van der Waals surface area contributed by atoms with Crippen LogP contribution in [-0.4, -0.2) is 13.1 Å². The van der Waals surface area contributed by atoms with E-state index in [1.807, 2.05) is 0 Å². The molecule has 0 spiro atoms. The second kappa shape index (κ2) is 6.05. The van der Waals surface area contributed by atoms with Gasteiger partial charge in [0, 0.05) is 0 Å². The van der Waals surface area contributed by atoms with Gasteiger partial charge in [0.25, 0.3) is 0 Å². The molecule has 0 bridgehead atoms. The summed E-state index contributed by atoms with van der Waals surface area (Å²) in [4.78, 5) is 0. The standard InChI is InChI=1S/C15H29N/c1-12(2)10-14-11-16-9-8-15(14)13-6-4-3-5-7-13/h12-16H,3-11H2,1-2H3. The molecule has 1 nitrogen and oxygen atoms in total. The van der Waals surface area contributed by atoms with Crippen molar-refractivity contribution in [2.75, 3.05) is 13.1 Å². The van der Waals surface area contributed by atoms with Gasteiger partial charge in [0.2, 0.25) is 0 Å². The Hall–Kier alpha value is -0.0400. The summed E-state index contributed by atoms with van der Waals surface area (Å²) < 4.78 is 0. The average Bonchev–Trinajstić information content (AvgIpc) is 2.30. The minimum atomic E-state index is 0.871. The Bertz CT molecular complexity index is 194. The molecule has 2 aliphatic rings. The van der Waals surface area contributed by atoms with Gasteiger partial charge in [0.15, 0.2) is 0 Å².